The van der Waals surface area contributed by atoms with E-state index in [1.54, 1.807) is 48.5 Å². The minimum atomic E-state index is -0.505. The topological polar surface area (TPSA) is 62.1 Å². The van der Waals surface area contributed by atoms with Crippen molar-refractivity contribution in [2.24, 2.45) is 0 Å². The third kappa shape index (κ3) is 5.93. The second kappa shape index (κ2) is 10.6. The van der Waals surface area contributed by atoms with Crippen molar-refractivity contribution in [3.63, 3.8) is 0 Å². The number of amides is 1. The van der Waals surface area contributed by atoms with Gasteiger partial charge in [-0.05, 0) is 82.3 Å². The Morgan fingerprint density at radius 3 is 2.58 bits per heavy atom. The first kappa shape index (κ1) is 23.0. The molecule has 156 valence electrons. The number of halogens is 3. The third-order valence-corrected chi connectivity index (χ3v) is 5.99. The van der Waals surface area contributed by atoms with Gasteiger partial charge < -0.3 is 10.1 Å². The lowest BCUT2D eigenvalue weighted by atomic mass is 10.0. The van der Waals surface area contributed by atoms with E-state index >= 15 is 0 Å². The molecule has 0 unspecified atom stereocenters. The van der Waals surface area contributed by atoms with Gasteiger partial charge in [0.05, 0.1) is 7.11 Å². The van der Waals surface area contributed by atoms with Crippen molar-refractivity contribution >= 4 is 56.2 Å². The number of rotatable bonds is 6. The molecule has 4 nitrogen and oxygen atoms in total. The maximum Gasteiger partial charge on any atom is 0.266 e. The predicted octanol–water partition coefficient (Wildman–Crippen LogP) is 6.34. The zero-order valence-corrected chi connectivity index (χ0v) is 20.2. The highest BCUT2D eigenvalue weighted by Gasteiger charge is 2.15. The van der Waals surface area contributed by atoms with Crippen molar-refractivity contribution < 1.29 is 13.9 Å². The van der Waals surface area contributed by atoms with Crippen molar-refractivity contribution in [2.75, 3.05) is 12.4 Å². The van der Waals surface area contributed by atoms with E-state index in [4.69, 9.17) is 4.74 Å². The van der Waals surface area contributed by atoms with Crippen LogP contribution in [0.4, 0.5) is 10.1 Å². The van der Waals surface area contributed by atoms with Gasteiger partial charge in [-0.15, -0.1) is 0 Å². The Morgan fingerprint density at radius 1 is 1.23 bits per heavy atom. The summed E-state index contributed by atoms with van der Waals surface area (Å²) < 4.78 is 21.3. The molecule has 0 saturated heterocycles. The molecule has 0 spiro atoms. The molecule has 0 radical (unpaired) electrons. The van der Waals surface area contributed by atoms with E-state index in [2.05, 4.69) is 43.8 Å². The first-order valence-corrected chi connectivity index (χ1v) is 11.1. The Morgan fingerprint density at radius 2 is 1.94 bits per heavy atom. The van der Waals surface area contributed by atoms with Gasteiger partial charge in [0.1, 0.15) is 23.2 Å². The number of hydrogen-bond acceptors (Lipinski definition) is 3. The summed E-state index contributed by atoms with van der Waals surface area (Å²) in [6, 6.07) is 19.2. The molecule has 3 aromatic carbocycles. The number of nitrogens with zero attached hydrogens (tertiary/aromatic N) is 1. The lowest BCUT2D eigenvalue weighted by Crippen LogP contribution is -2.13. The van der Waals surface area contributed by atoms with E-state index < -0.39 is 5.91 Å². The normalized spacial score (nSPS) is 11.0. The number of hydrogen-bond donors (Lipinski definition) is 1. The fourth-order valence-corrected chi connectivity index (χ4v) is 4.03. The quantitative estimate of drug-likeness (QED) is 0.207. The van der Waals surface area contributed by atoms with Crippen molar-refractivity contribution in [3.8, 4) is 11.8 Å². The fourth-order valence-electron chi connectivity index (χ4n) is 2.95. The van der Waals surface area contributed by atoms with Crippen LogP contribution in [0.5, 0.6) is 5.75 Å². The van der Waals surface area contributed by atoms with Crippen LogP contribution in [0, 0.1) is 20.7 Å². The number of benzene rings is 3. The van der Waals surface area contributed by atoms with Gasteiger partial charge in [0.2, 0.25) is 0 Å². The summed E-state index contributed by atoms with van der Waals surface area (Å²) in [5, 5.41) is 12.2. The van der Waals surface area contributed by atoms with Crippen LogP contribution < -0.4 is 10.1 Å². The minimum absolute atomic E-state index is 0.0392. The van der Waals surface area contributed by atoms with Crippen molar-refractivity contribution in [1.82, 2.24) is 0 Å². The van der Waals surface area contributed by atoms with Crippen LogP contribution >= 0.6 is 38.5 Å². The van der Waals surface area contributed by atoms with Gasteiger partial charge >= 0.3 is 0 Å². The lowest BCUT2D eigenvalue weighted by molar-refractivity contribution is -0.112. The standard InChI is InChI=1S/C24H17BrFIN2O2/c1-31-23-12-15(11-22(27)20(23)13-16-4-2-3-5-21(16)26)10-17(14-28)24(30)29-19-8-6-18(25)7-9-19/h2-12H,13H2,1H3,(H,29,30)/b17-10+. The second-order valence-corrected chi connectivity index (χ2v) is 8.66. The Bertz CT molecular complexity index is 1190. The minimum Gasteiger partial charge on any atom is -0.496 e. The van der Waals surface area contributed by atoms with Crippen LogP contribution in [-0.2, 0) is 11.2 Å². The van der Waals surface area contributed by atoms with E-state index in [1.165, 1.54) is 19.3 Å². The van der Waals surface area contributed by atoms with Gasteiger partial charge in [-0.25, -0.2) is 4.39 Å². The maximum absolute atomic E-state index is 14.1. The third-order valence-electron chi connectivity index (χ3n) is 4.50. The molecule has 1 N–H and O–H groups in total. The molecule has 0 heterocycles. The summed E-state index contributed by atoms with van der Waals surface area (Å²) in [5.74, 6) is -0.220. The van der Waals surface area contributed by atoms with Gasteiger partial charge in [-0.3, -0.25) is 4.79 Å². The number of nitriles is 1. The lowest BCUT2D eigenvalue weighted by Gasteiger charge is -2.13. The van der Waals surface area contributed by atoms with Gasteiger partial charge in [0.25, 0.3) is 5.91 Å². The molecule has 7 heteroatoms. The van der Waals surface area contributed by atoms with E-state index in [1.807, 2.05) is 12.1 Å². The first-order valence-electron chi connectivity index (χ1n) is 9.19. The van der Waals surface area contributed by atoms with E-state index in [0.717, 1.165) is 13.6 Å². The fraction of sp³-hybridized carbons (Fsp3) is 0.0833. The number of nitrogens with one attached hydrogen (secondary N) is 1. The zero-order valence-electron chi connectivity index (χ0n) is 16.5. The van der Waals surface area contributed by atoms with Crippen molar-refractivity contribution in [1.29, 1.82) is 5.26 Å². The largest absolute Gasteiger partial charge is 0.496 e. The second-order valence-electron chi connectivity index (χ2n) is 6.58. The van der Waals surface area contributed by atoms with E-state index in [0.29, 0.717) is 29.0 Å². The molecule has 0 aliphatic rings. The molecule has 0 bridgehead atoms. The summed E-state index contributed by atoms with van der Waals surface area (Å²) in [6.07, 6.45) is 1.87. The predicted molar refractivity (Wildman–Crippen MR) is 131 cm³/mol. The van der Waals surface area contributed by atoms with E-state index in [9.17, 15) is 14.4 Å². The molecular formula is C24H17BrFIN2O2. The molecular weight excluding hydrogens is 574 g/mol. The summed E-state index contributed by atoms with van der Waals surface area (Å²) >= 11 is 5.49. The van der Waals surface area contributed by atoms with Gasteiger partial charge in [-0.2, -0.15) is 5.26 Å². The number of ether oxygens (including phenoxy) is 1. The highest BCUT2D eigenvalue weighted by molar-refractivity contribution is 14.1. The average Bonchev–Trinajstić information content (AvgIpc) is 2.76. The van der Waals surface area contributed by atoms with Gasteiger partial charge in [0, 0.05) is 25.7 Å². The average molecular weight is 591 g/mol. The highest BCUT2D eigenvalue weighted by atomic mass is 127. The maximum atomic E-state index is 14.1. The number of carbonyl (C=O) groups excluding carboxylic acids is 1. The summed E-state index contributed by atoms with van der Waals surface area (Å²) in [6.45, 7) is 0. The van der Waals surface area contributed by atoms with Gasteiger partial charge in [0.15, 0.2) is 0 Å². The Labute approximate surface area is 202 Å². The van der Waals surface area contributed by atoms with Crippen LogP contribution in [0.25, 0.3) is 6.08 Å². The molecule has 0 fully saturated rings. The first-order chi connectivity index (χ1) is 14.9. The zero-order chi connectivity index (χ0) is 22.4. The Balaban J connectivity index is 1.89. The summed E-state index contributed by atoms with van der Waals surface area (Å²) in [4.78, 5) is 12.5. The molecule has 3 rings (SSSR count). The van der Waals surface area contributed by atoms with Gasteiger partial charge in [-0.1, -0.05) is 34.1 Å². The Hall–Kier alpha value is -2.70. The van der Waals surface area contributed by atoms with E-state index in [-0.39, 0.29) is 11.4 Å². The Kier molecular flexibility index (Phi) is 7.82. The van der Waals surface area contributed by atoms with Crippen LogP contribution in [0.3, 0.4) is 0 Å². The molecule has 0 saturated carbocycles. The smallest absolute Gasteiger partial charge is 0.266 e. The SMILES string of the molecule is COc1cc(/C=C(\C#N)C(=O)Nc2ccc(Br)cc2)cc(I)c1Cc1ccccc1F. The van der Waals surface area contributed by atoms with Crippen molar-refractivity contribution in [2.45, 2.75) is 6.42 Å². The molecule has 0 aliphatic heterocycles. The van der Waals surface area contributed by atoms with Crippen LogP contribution in [0.2, 0.25) is 0 Å². The van der Waals surface area contributed by atoms with Crippen LogP contribution in [0.15, 0.2) is 70.7 Å². The molecule has 3 aromatic rings. The highest BCUT2D eigenvalue weighted by Crippen LogP contribution is 2.30. The van der Waals surface area contributed by atoms with Crippen LogP contribution in [-0.4, -0.2) is 13.0 Å². The van der Waals surface area contributed by atoms with Crippen LogP contribution in [0.1, 0.15) is 16.7 Å². The molecule has 0 atom stereocenters. The summed E-state index contributed by atoms with van der Waals surface area (Å²) in [7, 11) is 1.54. The molecule has 0 aliphatic carbocycles. The number of anilines is 1. The van der Waals surface area contributed by atoms with Crippen molar-refractivity contribution in [3.05, 3.63) is 96.8 Å². The number of carbonyl (C=O) groups is 1. The monoisotopic (exact) mass is 590 g/mol. The molecule has 1 amide bonds. The molecule has 31 heavy (non-hydrogen) atoms. The summed E-state index contributed by atoms with van der Waals surface area (Å²) in [5.41, 5.74) is 2.59. The number of methoxy groups -OCH3 is 1. The molecule has 0 aromatic heterocycles.